The first-order chi connectivity index (χ1) is 9.04. The molecule has 0 aliphatic heterocycles. The van der Waals surface area contributed by atoms with Gasteiger partial charge in [0.1, 0.15) is 5.69 Å². The van der Waals surface area contributed by atoms with Gasteiger partial charge in [-0.3, -0.25) is 9.36 Å². The highest BCUT2D eigenvalue weighted by molar-refractivity contribution is 5.67. The third-order valence-electron chi connectivity index (χ3n) is 3.39. The summed E-state index contributed by atoms with van der Waals surface area (Å²) in [5.74, 6) is 0. The van der Waals surface area contributed by atoms with E-state index in [0.29, 0.717) is 0 Å². The van der Waals surface area contributed by atoms with E-state index >= 15 is 0 Å². The van der Waals surface area contributed by atoms with Gasteiger partial charge in [-0.15, -0.1) is 0 Å². The number of nitrogens with one attached hydrogen (secondary N) is 1. The van der Waals surface area contributed by atoms with Crippen molar-refractivity contribution in [3.05, 3.63) is 23.1 Å². The predicted molar refractivity (Wildman–Crippen MR) is 76.9 cm³/mol. The van der Waals surface area contributed by atoms with Gasteiger partial charge >= 0.3 is 0 Å². The summed E-state index contributed by atoms with van der Waals surface area (Å²) in [4.78, 5) is 0. The first-order valence-electron chi connectivity index (χ1n) is 6.78. The Kier molecular flexibility index (Phi) is 4.04. The van der Waals surface area contributed by atoms with E-state index in [2.05, 4.69) is 35.6 Å². The van der Waals surface area contributed by atoms with Gasteiger partial charge in [-0.25, -0.2) is 0 Å². The Balaban J connectivity index is 2.38. The quantitative estimate of drug-likeness (QED) is 0.837. The molecule has 0 spiro atoms. The SMILES string of the molecule is CCCNCc1cn(C)nc1-c1c(C)nn(C)c1C. The van der Waals surface area contributed by atoms with Crippen LogP contribution in [0.2, 0.25) is 0 Å². The Labute approximate surface area is 114 Å². The molecule has 5 heteroatoms. The number of rotatable bonds is 5. The van der Waals surface area contributed by atoms with Gasteiger partial charge in [0, 0.05) is 43.7 Å². The molecule has 0 bridgehead atoms. The van der Waals surface area contributed by atoms with Crippen LogP contribution in [0, 0.1) is 13.8 Å². The fraction of sp³-hybridized carbons (Fsp3) is 0.571. The summed E-state index contributed by atoms with van der Waals surface area (Å²) in [6.07, 6.45) is 3.23. The normalized spacial score (nSPS) is 11.2. The molecule has 0 amide bonds. The van der Waals surface area contributed by atoms with Crippen molar-refractivity contribution in [3.8, 4) is 11.3 Å². The lowest BCUT2D eigenvalue weighted by Gasteiger charge is -2.04. The van der Waals surface area contributed by atoms with Gasteiger partial charge in [-0.05, 0) is 26.8 Å². The summed E-state index contributed by atoms with van der Waals surface area (Å²) >= 11 is 0. The van der Waals surface area contributed by atoms with Crippen LogP contribution in [0.4, 0.5) is 0 Å². The highest BCUT2D eigenvalue weighted by Crippen LogP contribution is 2.28. The van der Waals surface area contributed by atoms with E-state index < -0.39 is 0 Å². The Morgan fingerprint density at radius 3 is 2.53 bits per heavy atom. The molecule has 2 aromatic rings. The number of hydrogen-bond acceptors (Lipinski definition) is 3. The summed E-state index contributed by atoms with van der Waals surface area (Å²) in [6.45, 7) is 8.18. The Morgan fingerprint density at radius 2 is 1.95 bits per heavy atom. The molecule has 2 heterocycles. The lowest BCUT2D eigenvalue weighted by molar-refractivity contribution is 0.675. The molecule has 0 saturated carbocycles. The zero-order valence-corrected chi connectivity index (χ0v) is 12.5. The monoisotopic (exact) mass is 261 g/mol. The molecule has 0 saturated heterocycles. The van der Waals surface area contributed by atoms with Crippen LogP contribution in [0.15, 0.2) is 6.20 Å². The van der Waals surface area contributed by atoms with Gasteiger partial charge in [0.05, 0.1) is 5.69 Å². The van der Waals surface area contributed by atoms with Crippen LogP contribution in [0.5, 0.6) is 0 Å². The van der Waals surface area contributed by atoms with Crippen LogP contribution in [0.1, 0.15) is 30.3 Å². The zero-order chi connectivity index (χ0) is 14.0. The van der Waals surface area contributed by atoms with Gasteiger partial charge in [-0.1, -0.05) is 6.92 Å². The number of aryl methyl sites for hydroxylation is 3. The minimum absolute atomic E-state index is 0.852. The molecular weight excluding hydrogens is 238 g/mol. The largest absolute Gasteiger partial charge is 0.313 e. The molecular formula is C14H23N5. The smallest absolute Gasteiger partial charge is 0.100 e. The van der Waals surface area contributed by atoms with Crippen LogP contribution >= 0.6 is 0 Å². The summed E-state index contributed by atoms with van der Waals surface area (Å²) in [5.41, 5.74) is 5.64. The van der Waals surface area contributed by atoms with Gasteiger partial charge in [0.2, 0.25) is 0 Å². The second-order valence-electron chi connectivity index (χ2n) is 5.02. The van der Waals surface area contributed by atoms with Crippen molar-refractivity contribution < 1.29 is 0 Å². The predicted octanol–water partition coefficient (Wildman–Crippen LogP) is 1.94. The number of hydrogen-bond donors (Lipinski definition) is 1. The fourth-order valence-electron chi connectivity index (χ4n) is 2.39. The van der Waals surface area contributed by atoms with Crippen LogP contribution in [-0.2, 0) is 20.6 Å². The van der Waals surface area contributed by atoms with E-state index in [-0.39, 0.29) is 0 Å². The molecule has 2 rings (SSSR count). The molecule has 0 aliphatic rings. The lowest BCUT2D eigenvalue weighted by atomic mass is 10.1. The molecule has 1 N–H and O–H groups in total. The molecule has 2 aromatic heterocycles. The molecule has 5 nitrogen and oxygen atoms in total. The van der Waals surface area contributed by atoms with Gasteiger partial charge in [0.15, 0.2) is 0 Å². The van der Waals surface area contributed by atoms with E-state index in [4.69, 9.17) is 0 Å². The first kappa shape index (κ1) is 13.8. The average Bonchev–Trinajstić information content (AvgIpc) is 2.81. The summed E-state index contributed by atoms with van der Waals surface area (Å²) in [6, 6.07) is 0. The third kappa shape index (κ3) is 2.71. The van der Waals surface area contributed by atoms with Crippen molar-refractivity contribution in [2.45, 2.75) is 33.7 Å². The summed E-state index contributed by atoms with van der Waals surface area (Å²) in [7, 11) is 3.94. The summed E-state index contributed by atoms with van der Waals surface area (Å²) < 4.78 is 3.80. The van der Waals surface area contributed by atoms with E-state index in [1.54, 1.807) is 0 Å². The van der Waals surface area contributed by atoms with Gasteiger partial charge in [-0.2, -0.15) is 10.2 Å². The van der Waals surface area contributed by atoms with Crippen molar-refractivity contribution in [2.24, 2.45) is 14.1 Å². The van der Waals surface area contributed by atoms with Crippen molar-refractivity contribution in [1.29, 1.82) is 0 Å². The second-order valence-corrected chi connectivity index (χ2v) is 5.02. The minimum Gasteiger partial charge on any atom is -0.313 e. The van der Waals surface area contributed by atoms with Gasteiger partial charge < -0.3 is 5.32 Å². The molecule has 0 fully saturated rings. The maximum atomic E-state index is 4.62. The van der Waals surface area contributed by atoms with Crippen molar-refractivity contribution in [3.63, 3.8) is 0 Å². The standard InChI is InChI=1S/C14H23N5/c1-6-7-15-8-12-9-18(4)17-14(12)13-10(2)16-19(5)11(13)3/h9,15H,6-8H2,1-5H3. The van der Waals surface area contributed by atoms with E-state index in [9.17, 15) is 0 Å². The van der Waals surface area contributed by atoms with Crippen LogP contribution in [-0.4, -0.2) is 26.1 Å². The lowest BCUT2D eigenvalue weighted by Crippen LogP contribution is -2.14. The van der Waals surface area contributed by atoms with E-state index in [1.165, 1.54) is 5.56 Å². The molecule has 0 aromatic carbocycles. The molecule has 0 radical (unpaired) electrons. The maximum Gasteiger partial charge on any atom is 0.100 e. The topological polar surface area (TPSA) is 47.7 Å². The highest BCUT2D eigenvalue weighted by Gasteiger charge is 2.18. The van der Waals surface area contributed by atoms with Crippen molar-refractivity contribution in [1.82, 2.24) is 24.9 Å². The molecule has 0 aliphatic carbocycles. The first-order valence-corrected chi connectivity index (χ1v) is 6.78. The Hall–Kier alpha value is -1.62. The van der Waals surface area contributed by atoms with Crippen molar-refractivity contribution in [2.75, 3.05) is 6.54 Å². The zero-order valence-electron chi connectivity index (χ0n) is 12.5. The number of aromatic nitrogens is 4. The Morgan fingerprint density at radius 1 is 1.21 bits per heavy atom. The van der Waals surface area contributed by atoms with Crippen LogP contribution in [0.25, 0.3) is 11.3 Å². The molecule has 0 unspecified atom stereocenters. The molecule has 0 atom stereocenters. The van der Waals surface area contributed by atoms with E-state index in [1.807, 2.05) is 30.4 Å². The third-order valence-corrected chi connectivity index (χ3v) is 3.39. The van der Waals surface area contributed by atoms with Crippen LogP contribution < -0.4 is 5.32 Å². The summed E-state index contributed by atoms with van der Waals surface area (Å²) in [5, 5.41) is 12.5. The highest BCUT2D eigenvalue weighted by atomic mass is 15.3. The second kappa shape index (κ2) is 5.57. The van der Waals surface area contributed by atoms with E-state index in [0.717, 1.165) is 42.2 Å². The molecule has 104 valence electrons. The van der Waals surface area contributed by atoms with Gasteiger partial charge in [0.25, 0.3) is 0 Å². The minimum atomic E-state index is 0.852. The van der Waals surface area contributed by atoms with Crippen LogP contribution in [0.3, 0.4) is 0 Å². The number of nitrogens with zero attached hydrogens (tertiary/aromatic N) is 4. The average molecular weight is 261 g/mol. The maximum absolute atomic E-state index is 4.62. The molecule has 19 heavy (non-hydrogen) atoms. The van der Waals surface area contributed by atoms with Crippen molar-refractivity contribution >= 4 is 0 Å². The fourth-order valence-corrected chi connectivity index (χ4v) is 2.39. The Bertz CT molecular complexity index is 565.